The number of piperidine rings is 1. The highest BCUT2D eigenvalue weighted by molar-refractivity contribution is 7.89. The van der Waals surface area contributed by atoms with Crippen molar-refractivity contribution in [3.8, 4) is 0 Å². The Bertz CT molecular complexity index is 1360. The lowest BCUT2D eigenvalue weighted by Crippen LogP contribution is -2.53. The van der Waals surface area contributed by atoms with Crippen molar-refractivity contribution in [2.24, 2.45) is 0 Å². The average Bonchev–Trinajstić information content (AvgIpc) is 3.19. The molecular weight excluding hydrogens is 493 g/mol. The van der Waals surface area contributed by atoms with Crippen molar-refractivity contribution in [2.75, 3.05) is 18.0 Å². The van der Waals surface area contributed by atoms with E-state index in [1.807, 2.05) is 18.2 Å². The van der Waals surface area contributed by atoms with Crippen LogP contribution in [0.3, 0.4) is 0 Å². The van der Waals surface area contributed by atoms with Crippen LogP contribution in [0.25, 0.3) is 0 Å². The molecule has 0 N–H and O–H groups in total. The lowest BCUT2D eigenvalue weighted by Gasteiger charge is -2.39. The lowest BCUT2D eigenvalue weighted by molar-refractivity contribution is -0.122. The number of carbonyl (C=O) groups excluding carboxylic acids is 2. The molecule has 7 nitrogen and oxygen atoms in total. The smallest absolute Gasteiger partial charge is 0.252 e. The summed E-state index contributed by atoms with van der Waals surface area (Å²) in [6.45, 7) is 2.04. The summed E-state index contributed by atoms with van der Waals surface area (Å²) in [4.78, 5) is 29.8. The maximum absolute atomic E-state index is 13.9. The number of carbonyl (C=O) groups is 2. The van der Waals surface area contributed by atoms with E-state index in [9.17, 15) is 22.4 Å². The highest BCUT2D eigenvalue weighted by Gasteiger charge is 2.49. The summed E-state index contributed by atoms with van der Waals surface area (Å²) in [5.74, 6) is -1.56. The third kappa shape index (κ3) is 5.20. The van der Waals surface area contributed by atoms with E-state index in [0.717, 1.165) is 23.6 Å². The van der Waals surface area contributed by atoms with Gasteiger partial charge in [0.2, 0.25) is 15.9 Å². The van der Waals surface area contributed by atoms with Crippen molar-refractivity contribution in [3.63, 3.8) is 0 Å². The van der Waals surface area contributed by atoms with Crippen molar-refractivity contribution in [2.45, 2.75) is 42.8 Å². The summed E-state index contributed by atoms with van der Waals surface area (Å²) >= 11 is 0. The summed E-state index contributed by atoms with van der Waals surface area (Å²) in [6.07, 6.45) is 0.783. The van der Waals surface area contributed by atoms with E-state index in [1.54, 1.807) is 30.3 Å². The van der Waals surface area contributed by atoms with E-state index in [2.05, 4.69) is 17.0 Å². The second-order valence-electron chi connectivity index (χ2n) is 9.40. The fourth-order valence-electron chi connectivity index (χ4n) is 5.18. The largest absolute Gasteiger partial charge is 0.299 e. The number of anilines is 1. The van der Waals surface area contributed by atoms with Crippen molar-refractivity contribution in [1.29, 1.82) is 0 Å². The van der Waals surface area contributed by atoms with Crippen molar-refractivity contribution < 1.29 is 22.4 Å². The van der Waals surface area contributed by atoms with E-state index < -0.39 is 39.7 Å². The number of para-hydroxylation sites is 1. The maximum atomic E-state index is 13.9. The van der Waals surface area contributed by atoms with Crippen LogP contribution >= 0.6 is 0 Å². The fraction of sp³-hybridized carbons (Fsp3) is 0.286. The first kappa shape index (κ1) is 25.3. The summed E-state index contributed by atoms with van der Waals surface area (Å²) < 4.78 is 42.6. The number of rotatable bonds is 7. The minimum Gasteiger partial charge on any atom is -0.299 e. The molecule has 0 bridgehead atoms. The first-order chi connectivity index (χ1) is 17.8. The van der Waals surface area contributed by atoms with Crippen LogP contribution in [0, 0.1) is 5.82 Å². The molecule has 0 radical (unpaired) electrons. The Morgan fingerprint density at radius 1 is 0.838 bits per heavy atom. The number of hydrogen-bond donors (Lipinski definition) is 0. The van der Waals surface area contributed by atoms with Gasteiger partial charge in [-0.1, -0.05) is 48.5 Å². The number of benzene rings is 3. The van der Waals surface area contributed by atoms with E-state index in [0.29, 0.717) is 31.6 Å². The Balaban J connectivity index is 1.43. The molecule has 9 heteroatoms. The van der Waals surface area contributed by atoms with Crippen LogP contribution in [-0.4, -0.2) is 54.6 Å². The molecule has 2 aliphatic heterocycles. The van der Waals surface area contributed by atoms with E-state index in [-0.39, 0.29) is 11.3 Å². The highest BCUT2D eigenvalue weighted by atomic mass is 32.2. The van der Waals surface area contributed by atoms with Gasteiger partial charge in [0.1, 0.15) is 11.9 Å². The predicted octanol–water partition coefficient (Wildman–Crippen LogP) is 3.81. The molecule has 2 saturated heterocycles. The van der Waals surface area contributed by atoms with Gasteiger partial charge < -0.3 is 0 Å². The Labute approximate surface area is 216 Å². The predicted molar refractivity (Wildman–Crippen MR) is 138 cm³/mol. The fourth-order valence-corrected chi connectivity index (χ4v) is 7.01. The third-order valence-electron chi connectivity index (χ3n) is 7.00. The van der Waals surface area contributed by atoms with Gasteiger partial charge in [-0.05, 0) is 54.8 Å². The van der Waals surface area contributed by atoms with Crippen molar-refractivity contribution in [3.05, 3.63) is 96.3 Å². The van der Waals surface area contributed by atoms with Gasteiger partial charge in [-0.3, -0.25) is 14.5 Å². The quantitative estimate of drug-likeness (QED) is 0.442. The zero-order chi connectivity index (χ0) is 26.0. The van der Waals surface area contributed by atoms with Gasteiger partial charge in [0, 0.05) is 25.7 Å². The molecule has 3 aromatic rings. The van der Waals surface area contributed by atoms with Gasteiger partial charge in [-0.2, -0.15) is 4.31 Å². The van der Waals surface area contributed by atoms with Gasteiger partial charge in [0.05, 0.1) is 17.0 Å². The Morgan fingerprint density at radius 3 is 2.05 bits per heavy atom. The summed E-state index contributed by atoms with van der Waals surface area (Å²) in [7, 11) is -4.19. The average molecular weight is 522 g/mol. The Morgan fingerprint density at radius 2 is 1.43 bits per heavy atom. The molecule has 3 aromatic carbocycles. The van der Waals surface area contributed by atoms with E-state index in [1.165, 1.54) is 22.0 Å². The highest BCUT2D eigenvalue weighted by Crippen LogP contribution is 2.33. The molecule has 37 heavy (non-hydrogen) atoms. The zero-order valence-electron chi connectivity index (χ0n) is 20.2. The van der Waals surface area contributed by atoms with Crippen LogP contribution < -0.4 is 4.90 Å². The second-order valence-corrected chi connectivity index (χ2v) is 11.2. The molecule has 0 aromatic heterocycles. The molecule has 0 saturated carbocycles. The van der Waals surface area contributed by atoms with Crippen LogP contribution in [-0.2, 0) is 26.2 Å². The van der Waals surface area contributed by atoms with E-state index in [4.69, 9.17) is 0 Å². The number of likely N-dealkylation sites (tertiary alicyclic amines) is 1. The molecule has 2 aliphatic rings. The van der Waals surface area contributed by atoms with Gasteiger partial charge >= 0.3 is 0 Å². The maximum Gasteiger partial charge on any atom is 0.252 e. The number of hydrogen-bond acceptors (Lipinski definition) is 5. The SMILES string of the molecule is O=C1CC(N(C2CCN(Cc3ccccc3)CC2)S(=O)(=O)c2ccc(F)cc2)C(=O)N1c1ccccc1. The minimum atomic E-state index is -4.19. The normalized spacial score (nSPS) is 19.6. The number of nitrogens with zero attached hydrogens (tertiary/aromatic N) is 3. The topological polar surface area (TPSA) is 78.0 Å². The number of halogens is 1. The summed E-state index contributed by atoms with van der Waals surface area (Å²) in [5, 5.41) is 0. The minimum absolute atomic E-state index is 0.0981. The van der Waals surface area contributed by atoms with Crippen LogP contribution in [0.15, 0.2) is 89.8 Å². The molecule has 192 valence electrons. The van der Waals surface area contributed by atoms with Gasteiger partial charge in [-0.25, -0.2) is 17.7 Å². The van der Waals surface area contributed by atoms with Crippen LogP contribution in [0.4, 0.5) is 10.1 Å². The molecule has 1 atom stereocenters. The second kappa shape index (κ2) is 10.5. The monoisotopic (exact) mass is 521 g/mol. The number of amides is 2. The standard InChI is InChI=1S/C28H28FN3O4S/c29-22-11-13-25(14-12-22)37(35,36)32(24-15-17-30(18-16-24)20-21-7-3-1-4-8-21)26-19-27(33)31(28(26)34)23-9-5-2-6-10-23/h1-14,24,26H,15-20H2. The molecule has 2 amide bonds. The molecule has 0 spiro atoms. The van der Waals surface area contributed by atoms with Crippen LogP contribution in [0.1, 0.15) is 24.8 Å². The van der Waals surface area contributed by atoms with Crippen LogP contribution in [0.2, 0.25) is 0 Å². The van der Waals surface area contributed by atoms with Crippen molar-refractivity contribution in [1.82, 2.24) is 9.21 Å². The van der Waals surface area contributed by atoms with Gasteiger partial charge in [0.25, 0.3) is 5.91 Å². The zero-order valence-corrected chi connectivity index (χ0v) is 21.1. The molecular formula is C28H28FN3O4S. The van der Waals surface area contributed by atoms with Crippen LogP contribution in [0.5, 0.6) is 0 Å². The molecule has 5 rings (SSSR count). The Hall–Kier alpha value is -3.40. The number of imide groups is 1. The third-order valence-corrected chi connectivity index (χ3v) is 8.98. The van der Waals surface area contributed by atoms with Gasteiger partial charge in [0.15, 0.2) is 0 Å². The number of sulfonamides is 1. The van der Waals surface area contributed by atoms with E-state index >= 15 is 0 Å². The Kier molecular flexibility index (Phi) is 7.19. The summed E-state index contributed by atoms with van der Waals surface area (Å²) in [6, 6.07) is 21.5. The molecule has 0 aliphatic carbocycles. The first-order valence-corrected chi connectivity index (χ1v) is 13.8. The molecule has 1 unspecified atom stereocenters. The molecule has 2 heterocycles. The summed E-state index contributed by atoms with van der Waals surface area (Å²) in [5.41, 5.74) is 1.59. The van der Waals surface area contributed by atoms with Gasteiger partial charge in [-0.15, -0.1) is 0 Å². The lowest BCUT2D eigenvalue weighted by atomic mass is 10.0. The van der Waals surface area contributed by atoms with Crippen molar-refractivity contribution >= 4 is 27.5 Å². The molecule has 2 fully saturated rings. The first-order valence-electron chi connectivity index (χ1n) is 12.3.